The molecule has 0 radical (unpaired) electrons. The molecule has 0 bridgehead atoms. The quantitative estimate of drug-likeness (QED) is 0.521. The second kappa shape index (κ2) is 8.02. The van der Waals surface area contributed by atoms with E-state index in [2.05, 4.69) is 10.3 Å². The van der Waals surface area contributed by atoms with E-state index in [1.54, 1.807) is 30.6 Å². The van der Waals surface area contributed by atoms with Gasteiger partial charge in [0, 0.05) is 17.6 Å². The van der Waals surface area contributed by atoms with Crippen molar-refractivity contribution in [1.82, 2.24) is 14.9 Å². The number of hydrogen-bond donors (Lipinski definition) is 1. The van der Waals surface area contributed by atoms with Gasteiger partial charge >= 0.3 is 6.03 Å². The molecule has 0 unspecified atom stereocenters. The number of imide groups is 2. The highest BCUT2D eigenvalue weighted by Crippen LogP contribution is 2.27. The van der Waals surface area contributed by atoms with E-state index in [4.69, 9.17) is 0 Å². The average Bonchev–Trinajstić information content (AvgIpc) is 3.04. The van der Waals surface area contributed by atoms with Crippen LogP contribution in [0.2, 0.25) is 0 Å². The molecule has 1 aromatic carbocycles. The Labute approximate surface area is 180 Å². The molecule has 1 N–H and O–H groups in total. The molecule has 1 saturated heterocycles. The molecular formula is C24H22N4O3. The van der Waals surface area contributed by atoms with Crippen LogP contribution in [0.1, 0.15) is 29.4 Å². The number of nitrogens with one attached hydrogen (secondary N) is 1. The van der Waals surface area contributed by atoms with Gasteiger partial charge in [-0.2, -0.15) is 0 Å². The maximum Gasteiger partial charge on any atom is 0.335 e. The Bertz CT molecular complexity index is 1220. The first-order valence-electron chi connectivity index (χ1n) is 10.0. The summed E-state index contributed by atoms with van der Waals surface area (Å²) in [5.41, 5.74) is 4.63. The normalized spacial score (nSPS) is 15.5. The van der Waals surface area contributed by atoms with Crippen LogP contribution in [0.3, 0.4) is 0 Å². The number of hydrogen-bond acceptors (Lipinski definition) is 4. The van der Waals surface area contributed by atoms with E-state index in [9.17, 15) is 14.4 Å². The highest BCUT2D eigenvalue weighted by Gasteiger charge is 2.37. The minimum Gasteiger partial charge on any atom is -0.316 e. The Hall–Kier alpha value is -4.00. The van der Waals surface area contributed by atoms with Crippen molar-refractivity contribution in [1.29, 1.82) is 0 Å². The van der Waals surface area contributed by atoms with Crippen LogP contribution in [0.4, 0.5) is 10.5 Å². The van der Waals surface area contributed by atoms with Gasteiger partial charge in [-0.15, -0.1) is 0 Å². The summed E-state index contributed by atoms with van der Waals surface area (Å²) in [5.74, 6) is -1.34. The molecule has 4 amide bonds. The van der Waals surface area contributed by atoms with Gasteiger partial charge in [0.25, 0.3) is 11.8 Å². The van der Waals surface area contributed by atoms with Crippen molar-refractivity contribution in [2.75, 3.05) is 4.90 Å². The van der Waals surface area contributed by atoms with Crippen molar-refractivity contribution < 1.29 is 14.4 Å². The van der Waals surface area contributed by atoms with Crippen molar-refractivity contribution in [3.05, 3.63) is 82.9 Å². The molecule has 2 aromatic heterocycles. The monoisotopic (exact) mass is 414 g/mol. The van der Waals surface area contributed by atoms with Gasteiger partial charge in [-0.25, -0.2) is 9.69 Å². The minimum atomic E-state index is -0.742. The predicted molar refractivity (Wildman–Crippen MR) is 118 cm³/mol. The summed E-state index contributed by atoms with van der Waals surface area (Å²) < 4.78 is 2.00. The summed E-state index contributed by atoms with van der Waals surface area (Å²) >= 11 is 0. The summed E-state index contributed by atoms with van der Waals surface area (Å²) in [5, 5.41) is 2.29. The van der Waals surface area contributed by atoms with Crippen LogP contribution in [0.25, 0.3) is 11.8 Å². The Morgan fingerprint density at radius 2 is 1.84 bits per heavy atom. The number of carbonyl (C=O) groups is 3. The van der Waals surface area contributed by atoms with Crippen LogP contribution >= 0.6 is 0 Å². The van der Waals surface area contributed by atoms with Crippen molar-refractivity contribution in [2.24, 2.45) is 0 Å². The third kappa shape index (κ3) is 3.54. The van der Waals surface area contributed by atoms with Gasteiger partial charge < -0.3 is 4.57 Å². The molecule has 31 heavy (non-hydrogen) atoms. The first-order chi connectivity index (χ1) is 14.9. The summed E-state index contributed by atoms with van der Waals surface area (Å²) in [6, 6.07) is 12.1. The Morgan fingerprint density at radius 1 is 1.06 bits per heavy atom. The number of para-hydroxylation sites is 1. The van der Waals surface area contributed by atoms with Gasteiger partial charge in [0.2, 0.25) is 0 Å². The summed E-state index contributed by atoms with van der Waals surface area (Å²) in [7, 11) is 0. The average molecular weight is 414 g/mol. The summed E-state index contributed by atoms with van der Waals surface area (Å²) in [6.07, 6.45) is 5.64. The van der Waals surface area contributed by atoms with E-state index in [1.165, 1.54) is 0 Å². The maximum absolute atomic E-state index is 13.3. The number of anilines is 1. The third-order valence-electron chi connectivity index (χ3n) is 5.39. The van der Waals surface area contributed by atoms with Crippen LogP contribution in [0.5, 0.6) is 0 Å². The lowest BCUT2D eigenvalue weighted by Crippen LogP contribution is -2.54. The molecule has 0 atom stereocenters. The topological polar surface area (TPSA) is 84.3 Å². The zero-order valence-electron chi connectivity index (χ0n) is 17.5. The van der Waals surface area contributed by atoms with E-state index in [-0.39, 0.29) is 5.57 Å². The molecule has 3 aromatic rings. The van der Waals surface area contributed by atoms with Crippen molar-refractivity contribution in [2.45, 2.75) is 27.2 Å². The van der Waals surface area contributed by atoms with Crippen molar-refractivity contribution in [3.63, 3.8) is 0 Å². The molecule has 0 spiro atoms. The number of rotatable bonds is 4. The minimum absolute atomic E-state index is 0.0862. The fourth-order valence-electron chi connectivity index (χ4n) is 3.88. The summed E-state index contributed by atoms with van der Waals surface area (Å²) in [4.78, 5) is 43.5. The number of pyridine rings is 1. The van der Waals surface area contributed by atoms with E-state index in [0.29, 0.717) is 12.1 Å². The number of benzene rings is 1. The fraction of sp³-hybridized carbons (Fsp3) is 0.167. The van der Waals surface area contributed by atoms with Crippen molar-refractivity contribution in [3.8, 4) is 5.69 Å². The maximum atomic E-state index is 13.3. The standard InChI is InChI=1S/C24H22N4O3/c1-4-17-8-5-6-10-21(17)28-23(30)20(22(29)26-24(28)31)13-18-12-15(2)27(16(18)3)19-9-7-11-25-14-19/h5-14H,4H2,1-3H3,(H,26,29,31)/b20-13+. The van der Waals surface area contributed by atoms with Gasteiger partial charge in [0.1, 0.15) is 5.57 Å². The lowest BCUT2D eigenvalue weighted by molar-refractivity contribution is -0.122. The molecule has 1 fully saturated rings. The van der Waals surface area contributed by atoms with Crippen molar-refractivity contribution >= 4 is 29.6 Å². The molecule has 1 aliphatic rings. The largest absolute Gasteiger partial charge is 0.335 e. The van der Waals surface area contributed by atoms with Crippen LogP contribution in [0.15, 0.2) is 60.4 Å². The highest BCUT2D eigenvalue weighted by molar-refractivity contribution is 6.39. The van der Waals surface area contributed by atoms with Gasteiger partial charge in [-0.1, -0.05) is 25.1 Å². The molecule has 0 saturated carbocycles. The van der Waals surface area contributed by atoms with Crippen LogP contribution in [-0.2, 0) is 16.0 Å². The molecule has 7 heteroatoms. The van der Waals surface area contributed by atoms with E-state index < -0.39 is 17.8 Å². The highest BCUT2D eigenvalue weighted by atomic mass is 16.2. The number of aromatic nitrogens is 2. The smallest absolute Gasteiger partial charge is 0.316 e. The number of carbonyl (C=O) groups excluding carboxylic acids is 3. The zero-order chi connectivity index (χ0) is 22.1. The second-order valence-corrected chi connectivity index (χ2v) is 7.31. The molecular weight excluding hydrogens is 392 g/mol. The molecule has 4 rings (SSSR count). The Kier molecular flexibility index (Phi) is 5.25. The molecule has 7 nitrogen and oxygen atoms in total. The Morgan fingerprint density at radius 3 is 2.55 bits per heavy atom. The first kappa shape index (κ1) is 20.3. The predicted octanol–water partition coefficient (Wildman–Crippen LogP) is 3.72. The molecule has 3 heterocycles. The van der Waals surface area contributed by atoms with Crippen LogP contribution in [0, 0.1) is 13.8 Å². The zero-order valence-corrected chi connectivity index (χ0v) is 17.5. The second-order valence-electron chi connectivity index (χ2n) is 7.31. The van der Waals surface area contributed by atoms with Gasteiger partial charge in [0.15, 0.2) is 0 Å². The van der Waals surface area contributed by atoms with Gasteiger partial charge in [-0.05, 0) is 61.7 Å². The van der Waals surface area contributed by atoms with E-state index >= 15 is 0 Å². The SMILES string of the molecule is CCc1ccccc1N1C(=O)NC(=O)/C(=C\c2cc(C)n(-c3cccnc3)c2C)C1=O. The van der Waals surface area contributed by atoms with Gasteiger partial charge in [0.05, 0.1) is 17.6 Å². The number of urea groups is 1. The van der Waals surface area contributed by atoms with Crippen LogP contribution in [-0.4, -0.2) is 27.4 Å². The Balaban J connectivity index is 1.78. The van der Waals surface area contributed by atoms with E-state index in [1.807, 2.05) is 55.7 Å². The van der Waals surface area contributed by atoms with Gasteiger partial charge in [-0.3, -0.25) is 19.9 Å². The fourth-order valence-corrected chi connectivity index (χ4v) is 3.88. The van der Waals surface area contributed by atoms with E-state index in [0.717, 1.165) is 33.1 Å². The van der Waals surface area contributed by atoms with Crippen LogP contribution < -0.4 is 10.2 Å². The molecule has 156 valence electrons. The number of amides is 4. The number of aryl methyl sites for hydroxylation is 2. The number of nitrogens with zero attached hydrogens (tertiary/aromatic N) is 3. The third-order valence-corrected chi connectivity index (χ3v) is 5.39. The molecule has 1 aliphatic heterocycles. The molecule has 0 aliphatic carbocycles. The lowest BCUT2D eigenvalue weighted by Gasteiger charge is -2.27. The summed E-state index contributed by atoms with van der Waals surface area (Å²) in [6.45, 7) is 5.80. The number of barbiturate groups is 1. The lowest BCUT2D eigenvalue weighted by atomic mass is 10.0. The first-order valence-corrected chi connectivity index (χ1v) is 10.0.